The van der Waals surface area contributed by atoms with Gasteiger partial charge in [0.15, 0.2) is 0 Å². The maximum absolute atomic E-state index is 13.5. The maximum Gasteiger partial charge on any atom is 0.395 e. The Hall–Kier alpha value is -0.930. The van der Waals surface area contributed by atoms with Crippen molar-refractivity contribution < 1.29 is 27.4 Å². The Labute approximate surface area is 433 Å². The molecule has 0 fully saturated rings. The zero-order chi connectivity index (χ0) is 48.9. The van der Waals surface area contributed by atoms with Gasteiger partial charge in [0.25, 0.3) is 0 Å². The molecule has 0 bridgehead atoms. The van der Waals surface area contributed by atoms with E-state index >= 15 is 0 Å². The molecular weight excluding hydrogens is 959 g/mol. The minimum absolute atomic E-state index is 0.321. The normalized spacial score (nSPS) is 12.3. The van der Waals surface area contributed by atoms with Crippen LogP contribution in [0.2, 0.25) is 0 Å². The van der Waals surface area contributed by atoms with Crippen LogP contribution in [0.5, 0.6) is 0 Å². The van der Waals surface area contributed by atoms with E-state index in [9.17, 15) is 9.13 Å². The Morgan fingerprint density at radius 1 is 0.412 bits per heavy atom. The first-order chi connectivity index (χ1) is 33.4. The van der Waals surface area contributed by atoms with Gasteiger partial charge in [0.1, 0.15) is 0 Å². The fourth-order valence-corrected chi connectivity index (χ4v) is 16.7. The van der Waals surface area contributed by atoms with Crippen molar-refractivity contribution in [2.45, 2.75) is 247 Å². The summed E-state index contributed by atoms with van der Waals surface area (Å²) in [5, 5.41) is 0. The molecule has 4 aromatic heterocycles. The van der Waals surface area contributed by atoms with Crippen LogP contribution >= 0.6 is 61.6 Å². The van der Waals surface area contributed by atoms with Crippen LogP contribution in [0.1, 0.15) is 255 Å². The van der Waals surface area contributed by atoms with Gasteiger partial charge in [-0.2, -0.15) is 0 Å². The molecule has 388 valence electrons. The molecule has 6 nitrogen and oxygen atoms in total. The lowest BCUT2D eigenvalue weighted by Crippen LogP contribution is -1.92. The van der Waals surface area contributed by atoms with Gasteiger partial charge >= 0.3 is 16.3 Å². The van der Waals surface area contributed by atoms with Crippen LogP contribution in [0.3, 0.4) is 0 Å². The summed E-state index contributed by atoms with van der Waals surface area (Å²) >= 11 is 7.60. The molecule has 0 atom stereocenters. The molecule has 0 aromatic carbocycles. The molecule has 0 radical (unpaired) electrons. The van der Waals surface area contributed by atoms with Gasteiger partial charge < -0.3 is 18.3 Å². The third-order valence-corrected chi connectivity index (χ3v) is 20.4. The predicted molar refractivity (Wildman–Crippen MR) is 308 cm³/mol. The van der Waals surface area contributed by atoms with E-state index in [4.69, 9.17) is 18.3 Å². The summed E-state index contributed by atoms with van der Waals surface area (Å²) in [6, 6.07) is 0. The summed E-state index contributed by atoms with van der Waals surface area (Å²) in [7, 11) is -3.63. The molecule has 0 spiro atoms. The fourth-order valence-electron chi connectivity index (χ4n) is 9.10. The molecule has 4 aromatic rings. The lowest BCUT2D eigenvalue weighted by atomic mass is 10.0. The Bertz CT molecular complexity index is 1960. The van der Waals surface area contributed by atoms with Crippen molar-refractivity contribution in [1.29, 1.82) is 0 Å². The summed E-state index contributed by atoms with van der Waals surface area (Å²) < 4.78 is 54.2. The molecule has 0 N–H and O–H groups in total. The third-order valence-electron chi connectivity index (χ3n) is 12.8. The highest BCUT2D eigenvalue weighted by molar-refractivity contribution is 7.57. The molecule has 0 saturated heterocycles. The molecule has 0 aliphatic rings. The number of thiophene rings is 4. The summed E-state index contributed by atoms with van der Waals surface area (Å²) in [6.45, 7) is 14.7. The van der Waals surface area contributed by atoms with E-state index in [0.717, 1.165) is 32.5 Å². The van der Waals surface area contributed by atoms with Crippen LogP contribution in [0.25, 0.3) is 40.4 Å². The Morgan fingerprint density at radius 2 is 0.735 bits per heavy atom. The van der Waals surface area contributed by atoms with Gasteiger partial charge in [-0.15, -0.1) is 45.3 Å². The lowest BCUT2D eigenvalue weighted by Gasteiger charge is -2.12. The van der Waals surface area contributed by atoms with Crippen LogP contribution in [-0.2, 0) is 40.3 Å². The highest BCUT2D eigenvalue weighted by atomic mass is 32.1. The van der Waals surface area contributed by atoms with Crippen molar-refractivity contribution in [1.82, 2.24) is 0 Å². The summed E-state index contributed by atoms with van der Waals surface area (Å²) in [6.07, 6.45) is 48.6. The average Bonchev–Trinajstić information content (AvgIpc) is 4.06. The summed E-state index contributed by atoms with van der Waals surface area (Å²) in [5.74, 6) is 1.70. The largest absolute Gasteiger partial charge is 0.416 e. The van der Waals surface area contributed by atoms with Gasteiger partial charge in [0.2, 0.25) is 0 Å². The molecular formula is C56H94O6P2S4. The second-order valence-electron chi connectivity index (χ2n) is 18.4. The standard InChI is InChI=1S/C52H84O5P2S4.C4H10O/c1-5-9-11-13-15-17-19-21-23-25-27-29-31-33-35-37-43-45(39-41-55-58-53)60-49-47(43)62-52-50-48(63-51(49)52)44(46(61-50)40-42-59(54,56-7-3)57-8-4)38-36-34-32-30-28-26-24-22-20-18-16-14-12-10-6-2;1-3-5-4-2/h39-42H,5-38H2,1-4H3;3-4H2,1-2H3/b41-39+,42-40+;. The molecule has 0 unspecified atom stereocenters. The second-order valence-corrected chi connectivity index (χ2v) is 24.8. The number of ether oxygens (including phenoxy) is 1. The van der Waals surface area contributed by atoms with E-state index in [1.807, 2.05) is 85.2 Å². The third kappa shape index (κ3) is 23.7. The van der Waals surface area contributed by atoms with E-state index in [0.29, 0.717) is 13.2 Å². The zero-order valence-corrected chi connectivity index (χ0v) is 48.8. The second kappa shape index (κ2) is 39.6. The Kier molecular flexibility index (Phi) is 35.7. The highest BCUT2D eigenvalue weighted by Crippen LogP contribution is 2.55. The molecule has 68 heavy (non-hydrogen) atoms. The minimum Gasteiger partial charge on any atom is -0.416 e. The SMILES string of the molecule is CCCCCCCCCCCCCCCCCc1c(/C=C/OP=O)sc2c1sc1c3sc(/C=C/P(=O)(OCC)OCC)c(CCCCCCCCCCCCCCCCC)c3sc21.CCOCC. The van der Waals surface area contributed by atoms with Crippen LogP contribution < -0.4 is 0 Å². The van der Waals surface area contributed by atoms with E-state index in [1.165, 1.54) is 235 Å². The zero-order valence-electron chi connectivity index (χ0n) is 43.7. The smallest absolute Gasteiger partial charge is 0.395 e. The minimum atomic E-state index is -3.31. The topological polar surface area (TPSA) is 71.1 Å². The van der Waals surface area contributed by atoms with Gasteiger partial charge in [-0.3, -0.25) is 4.57 Å². The van der Waals surface area contributed by atoms with Crippen LogP contribution in [0.4, 0.5) is 0 Å². The molecule has 0 aliphatic carbocycles. The number of hydrogen-bond acceptors (Lipinski definition) is 10. The van der Waals surface area contributed by atoms with Gasteiger partial charge in [-0.1, -0.05) is 194 Å². The van der Waals surface area contributed by atoms with Gasteiger partial charge in [0, 0.05) is 28.8 Å². The maximum atomic E-state index is 13.5. The average molecular weight is 1050 g/mol. The molecule has 0 saturated carbocycles. The summed E-state index contributed by atoms with van der Waals surface area (Å²) in [5.41, 5.74) is 2.80. The number of unbranched alkanes of at least 4 members (excludes halogenated alkanes) is 28. The van der Waals surface area contributed by atoms with E-state index in [1.54, 1.807) is 12.1 Å². The van der Waals surface area contributed by atoms with Gasteiger partial charge in [-0.05, 0) is 76.7 Å². The molecule has 12 heteroatoms. The molecule has 0 amide bonds. The summed E-state index contributed by atoms with van der Waals surface area (Å²) in [4.78, 5) is 2.42. The lowest BCUT2D eigenvalue weighted by molar-refractivity contribution is 0.162. The first-order valence-electron chi connectivity index (χ1n) is 27.6. The van der Waals surface area contributed by atoms with Crippen molar-refractivity contribution in [2.24, 2.45) is 0 Å². The van der Waals surface area contributed by atoms with Crippen LogP contribution in [0, 0.1) is 0 Å². The quantitative estimate of drug-likeness (QED) is 0.0250. The van der Waals surface area contributed by atoms with E-state index in [-0.39, 0.29) is 8.69 Å². The number of aryl methyl sites for hydroxylation is 2. The Morgan fingerprint density at radius 3 is 1.04 bits per heavy atom. The Balaban J connectivity index is 0.00000232. The highest BCUT2D eigenvalue weighted by Gasteiger charge is 2.24. The van der Waals surface area contributed by atoms with E-state index in [2.05, 4.69) is 13.8 Å². The van der Waals surface area contributed by atoms with Crippen molar-refractivity contribution in [3.05, 3.63) is 33.0 Å². The van der Waals surface area contributed by atoms with Crippen LogP contribution in [0.15, 0.2) is 12.1 Å². The number of hydrogen-bond donors (Lipinski definition) is 0. The van der Waals surface area contributed by atoms with Crippen molar-refractivity contribution in [3.63, 3.8) is 0 Å². The van der Waals surface area contributed by atoms with Crippen molar-refractivity contribution in [3.8, 4) is 0 Å². The van der Waals surface area contributed by atoms with Crippen molar-refractivity contribution >= 4 is 102 Å². The van der Waals surface area contributed by atoms with Crippen LogP contribution in [-0.4, -0.2) is 26.4 Å². The van der Waals surface area contributed by atoms with Crippen molar-refractivity contribution in [2.75, 3.05) is 26.4 Å². The molecule has 4 rings (SSSR count). The first kappa shape index (κ1) is 61.4. The molecule has 4 heterocycles. The molecule has 0 aliphatic heterocycles. The first-order valence-corrected chi connectivity index (χ1v) is 33.2. The monoisotopic (exact) mass is 1050 g/mol. The predicted octanol–water partition coefficient (Wildman–Crippen LogP) is 22.7. The van der Waals surface area contributed by atoms with E-state index < -0.39 is 7.60 Å². The fraction of sp³-hybridized carbons (Fsp3) is 0.750. The van der Waals surface area contributed by atoms with Gasteiger partial charge in [0.05, 0.1) is 47.7 Å². The number of rotatable bonds is 43. The number of fused-ring (bicyclic) bond motifs is 5. The van der Waals surface area contributed by atoms with Gasteiger partial charge in [-0.25, -0.2) is 4.57 Å².